The van der Waals surface area contributed by atoms with E-state index >= 15 is 0 Å². The Bertz CT molecular complexity index is 473. The molecule has 0 bridgehead atoms. The Morgan fingerprint density at radius 3 is 2.85 bits per heavy atom. The fraction of sp³-hybridized carbons (Fsp3) is 0.500. The topological polar surface area (TPSA) is 77.1 Å². The van der Waals surface area contributed by atoms with Crippen molar-refractivity contribution >= 4 is 5.84 Å². The highest BCUT2D eigenvalue weighted by Gasteiger charge is 2.14. The number of amidine groups is 1. The molecule has 0 aliphatic carbocycles. The first-order chi connectivity index (χ1) is 9.70. The predicted octanol–water partition coefficient (Wildman–Crippen LogP) is 1.86. The number of hydrogen-bond donors (Lipinski definition) is 2. The third-order valence-electron chi connectivity index (χ3n) is 3.41. The molecule has 1 aliphatic heterocycles. The van der Waals surface area contributed by atoms with Crippen molar-refractivity contribution in [2.45, 2.75) is 19.4 Å². The Balaban J connectivity index is 1.86. The van der Waals surface area contributed by atoms with Crippen LogP contribution in [0, 0.1) is 11.7 Å². The van der Waals surface area contributed by atoms with E-state index in [2.05, 4.69) is 5.16 Å². The first-order valence-corrected chi connectivity index (χ1v) is 6.62. The number of benzene rings is 1. The van der Waals surface area contributed by atoms with Gasteiger partial charge in [-0.2, -0.15) is 0 Å². The molecule has 110 valence electrons. The SMILES string of the molecule is NC(=NO)c1ccc(COCC2CCOCC2)c(F)c1. The van der Waals surface area contributed by atoms with Crippen molar-refractivity contribution < 1.29 is 19.1 Å². The van der Waals surface area contributed by atoms with E-state index in [0.29, 0.717) is 23.7 Å². The molecule has 6 heteroatoms. The zero-order valence-corrected chi connectivity index (χ0v) is 11.2. The molecule has 20 heavy (non-hydrogen) atoms. The summed E-state index contributed by atoms with van der Waals surface area (Å²) < 4.78 is 24.7. The van der Waals surface area contributed by atoms with E-state index in [1.807, 2.05) is 0 Å². The standard InChI is InChI=1S/C14H19FN2O3/c15-13-7-11(14(16)17-18)1-2-12(13)9-20-8-10-3-5-19-6-4-10/h1-2,7,10,18H,3-6,8-9H2,(H2,16,17). The van der Waals surface area contributed by atoms with E-state index in [4.69, 9.17) is 20.4 Å². The number of nitrogens with two attached hydrogens (primary N) is 1. The first-order valence-electron chi connectivity index (χ1n) is 6.62. The average molecular weight is 282 g/mol. The van der Waals surface area contributed by atoms with Gasteiger partial charge in [0.2, 0.25) is 0 Å². The molecule has 5 nitrogen and oxygen atoms in total. The number of hydrogen-bond acceptors (Lipinski definition) is 4. The van der Waals surface area contributed by atoms with Gasteiger partial charge in [0, 0.05) is 24.3 Å². The van der Waals surface area contributed by atoms with Gasteiger partial charge < -0.3 is 20.4 Å². The summed E-state index contributed by atoms with van der Waals surface area (Å²) in [5, 5.41) is 11.4. The number of nitrogens with zero attached hydrogens (tertiary/aromatic N) is 1. The van der Waals surface area contributed by atoms with Gasteiger partial charge in [0.05, 0.1) is 13.2 Å². The lowest BCUT2D eigenvalue weighted by atomic mass is 10.0. The van der Waals surface area contributed by atoms with Crippen LogP contribution in [0.25, 0.3) is 0 Å². The van der Waals surface area contributed by atoms with Gasteiger partial charge in [-0.15, -0.1) is 0 Å². The zero-order valence-electron chi connectivity index (χ0n) is 11.2. The van der Waals surface area contributed by atoms with Crippen LogP contribution in [-0.4, -0.2) is 30.9 Å². The van der Waals surface area contributed by atoms with Gasteiger partial charge >= 0.3 is 0 Å². The van der Waals surface area contributed by atoms with Gasteiger partial charge in [0.1, 0.15) is 5.82 Å². The van der Waals surface area contributed by atoms with Crippen LogP contribution < -0.4 is 5.73 Å². The second-order valence-corrected chi connectivity index (χ2v) is 4.86. The van der Waals surface area contributed by atoms with Gasteiger partial charge in [-0.05, 0) is 24.8 Å². The smallest absolute Gasteiger partial charge is 0.170 e. The van der Waals surface area contributed by atoms with Gasteiger partial charge in [0.15, 0.2) is 5.84 Å². The second kappa shape index (κ2) is 7.21. The van der Waals surface area contributed by atoms with E-state index in [-0.39, 0.29) is 12.4 Å². The van der Waals surface area contributed by atoms with Crippen LogP contribution in [0.1, 0.15) is 24.0 Å². The number of ether oxygens (including phenoxy) is 2. The van der Waals surface area contributed by atoms with Crippen molar-refractivity contribution in [3.8, 4) is 0 Å². The molecule has 0 amide bonds. The molecule has 0 spiro atoms. The monoisotopic (exact) mass is 282 g/mol. The maximum atomic E-state index is 13.8. The summed E-state index contributed by atoms with van der Waals surface area (Å²) in [5.41, 5.74) is 6.21. The number of rotatable bonds is 5. The molecule has 0 aromatic heterocycles. The van der Waals surface area contributed by atoms with Crippen LogP contribution in [0.5, 0.6) is 0 Å². The summed E-state index contributed by atoms with van der Waals surface area (Å²) in [5.74, 6) is -0.0390. The molecule has 0 radical (unpaired) electrons. The number of halogens is 1. The van der Waals surface area contributed by atoms with Crippen LogP contribution in [0.3, 0.4) is 0 Å². The Morgan fingerprint density at radius 2 is 2.20 bits per heavy atom. The highest BCUT2D eigenvalue weighted by Crippen LogP contribution is 2.17. The highest BCUT2D eigenvalue weighted by molar-refractivity contribution is 5.97. The van der Waals surface area contributed by atoms with Gasteiger partial charge in [-0.1, -0.05) is 17.3 Å². The minimum absolute atomic E-state index is 0.112. The van der Waals surface area contributed by atoms with Crippen LogP contribution >= 0.6 is 0 Å². The van der Waals surface area contributed by atoms with Crippen molar-refractivity contribution in [3.63, 3.8) is 0 Å². The summed E-state index contributed by atoms with van der Waals surface area (Å²) >= 11 is 0. The maximum absolute atomic E-state index is 13.8. The molecule has 1 aliphatic rings. The molecule has 0 unspecified atom stereocenters. The molecule has 0 saturated carbocycles. The van der Waals surface area contributed by atoms with E-state index in [1.165, 1.54) is 6.07 Å². The highest BCUT2D eigenvalue weighted by atomic mass is 19.1. The minimum atomic E-state index is -0.416. The Morgan fingerprint density at radius 1 is 1.45 bits per heavy atom. The van der Waals surface area contributed by atoms with Gasteiger partial charge in [-0.25, -0.2) is 4.39 Å². The van der Waals surface area contributed by atoms with Crippen molar-refractivity contribution in [1.82, 2.24) is 0 Å². The maximum Gasteiger partial charge on any atom is 0.170 e. The molecule has 1 heterocycles. The Kier molecular flexibility index (Phi) is 5.31. The summed E-state index contributed by atoms with van der Waals surface area (Å²) in [6.07, 6.45) is 1.98. The van der Waals surface area contributed by atoms with Gasteiger partial charge in [0.25, 0.3) is 0 Å². The fourth-order valence-electron chi connectivity index (χ4n) is 2.13. The third kappa shape index (κ3) is 3.91. The summed E-state index contributed by atoms with van der Waals surface area (Å²) in [7, 11) is 0. The lowest BCUT2D eigenvalue weighted by molar-refractivity contribution is 0.0151. The normalized spacial score (nSPS) is 17.4. The van der Waals surface area contributed by atoms with Crippen LogP contribution in [0.2, 0.25) is 0 Å². The fourth-order valence-corrected chi connectivity index (χ4v) is 2.13. The molecule has 3 N–H and O–H groups in total. The molecule has 1 aromatic carbocycles. The summed E-state index contributed by atoms with van der Waals surface area (Å²) in [6, 6.07) is 4.43. The van der Waals surface area contributed by atoms with E-state index in [9.17, 15) is 4.39 Å². The van der Waals surface area contributed by atoms with Crippen molar-refractivity contribution in [3.05, 3.63) is 35.1 Å². The number of oxime groups is 1. The molecule has 2 rings (SSSR count). The molecule has 0 atom stereocenters. The summed E-state index contributed by atoms with van der Waals surface area (Å²) in [6.45, 7) is 2.39. The van der Waals surface area contributed by atoms with Crippen LogP contribution in [0.15, 0.2) is 23.4 Å². The molecular formula is C14H19FN2O3. The first kappa shape index (κ1) is 14.7. The van der Waals surface area contributed by atoms with Crippen molar-refractivity contribution in [1.29, 1.82) is 0 Å². The third-order valence-corrected chi connectivity index (χ3v) is 3.41. The Hall–Kier alpha value is -1.66. The quantitative estimate of drug-likeness (QED) is 0.374. The Labute approximate surface area is 117 Å². The van der Waals surface area contributed by atoms with Crippen LogP contribution in [-0.2, 0) is 16.1 Å². The van der Waals surface area contributed by atoms with E-state index < -0.39 is 5.82 Å². The lowest BCUT2D eigenvalue weighted by Gasteiger charge is -2.21. The zero-order chi connectivity index (χ0) is 14.4. The minimum Gasteiger partial charge on any atom is -0.409 e. The predicted molar refractivity (Wildman–Crippen MR) is 72.1 cm³/mol. The molecular weight excluding hydrogens is 263 g/mol. The second-order valence-electron chi connectivity index (χ2n) is 4.86. The van der Waals surface area contributed by atoms with Crippen LogP contribution in [0.4, 0.5) is 4.39 Å². The van der Waals surface area contributed by atoms with E-state index in [0.717, 1.165) is 26.1 Å². The molecule has 1 aromatic rings. The summed E-state index contributed by atoms with van der Waals surface area (Å²) in [4.78, 5) is 0. The largest absolute Gasteiger partial charge is 0.409 e. The lowest BCUT2D eigenvalue weighted by Crippen LogP contribution is -2.20. The van der Waals surface area contributed by atoms with Crippen molar-refractivity contribution in [2.75, 3.05) is 19.8 Å². The van der Waals surface area contributed by atoms with Gasteiger partial charge in [-0.3, -0.25) is 0 Å². The van der Waals surface area contributed by atoms with Crippen molar-refractivity contribution in [2.24, 2.45) is 16.8 Å². The molecule has 1 fully saturated rings. The van der Waals surface area contributed by atoms with E-state index in [1.54, 1.807) is 12.1 Å². The molecule has 1 saturated heterocycles. The average Bonchev–Trinajstić information content (AvgIpc) is 2.49.